The second kappa shape index (κ2) is 8.71. The van der Waals surface area contributed by atoms with Crippen LogP contribution >= 0.6 is 11.6 Å². The van der Waals surface area contributed by atoms with Gasteiger partial charge >= 0.3 is 5.97 Å². The van der Waals surface area contributed by atoms with Crippen molar-refractivity contribution in [2.75, 3.05) is 11.5 Å². The van der Waals surface area contributed by atoms with Crippen LogP contribution in [0.25, 0.3) is 11.0 Å². The van der Waals surface area contributed by atoms with Crippen LogP contribution in [0.15, 0.2) is 78.9 Å². The molecule has 3 aromatic carbocycles. The summed E-state index contributed by atoms with van der Waals surface area (Å²) in [4.78, 5) is 33.5. The minimum Gasteiger partial charge on any atom is -0.465 e. The fraction of sp³-hybridized carbons (Fsp3) is 0.192. The first-order valence-electron chi connectivity index (χ1n) is 10.8. The first-order valence-corrected chi connectivity index (χ1v) is 11.2. The van der Waals surface area contributed by atoms with Gasteiger partial charge in [-0.25, -0.2) is 4.98 Å². The fourth-order valence-corrected chi connectivity index (χ4v) is 4.55. The molecule has 1 aliphatic heterocycles. The van der Waals surface area contributed by atoms with Crippen LogP contribution in [0.2, 0.25) is 5.02 Å². The zero-order valence-electron chi connectivity index (χ0n) is 18.0. The third-order valence-electron chi connectivity index (χ3n) is 5.88. The molecule has 5 rings (SSSR count). The molecule has 33 heavy (non-hydrogen) atoms. The predicted molar refractivity (Wildman–Crippen MR) is 127 cm³/mol. The molecule has 0 bridgehead atoms. The number of hydrogen-bond donors (Lipinski definition) is 0. The summed E-state index contributed by atoms with van der Waals surface area (Å²) >= 11 is 6.13. The summed E-state index contributed by atoms with van der Waals surface area (Å²) in [6.07, 6.45) is 0. The Morgan fingerprint density at radius 2 is 1.70 bits per heavy atom. The first-order chi connectivity index (χ1) is 16.1. The van der Waals surface area contributed by atoms with Crippen molar-refractivity contribution in [1.29, 1.82) is 0 Å². The Kier molecular flexibility index (Phi) is 5.60. The quantitative estimate of drug-likeness (QED) is 0.311. The number of amides is 1. The summed E-state index contributed by atoms with van der Waals surface area (Å²) in [7, 11) is 0. The van der Waals surface area contributed by atoms with Gasteiger partial charge in [-0.1, -0.05) is 66.2 Å². The third kappa shape index (κ3) is 3.76. The maximum absolute atomic E-state index is 13.9. The molecule has 0 aliphatic carbocycles. The number of imidazole rings is 1. The highest BCUT2D eigenvalue weighted by Crippen LogP contribution is 2.42. The smallest absolute Gasteiger partial charge is 0.321 e. The molecule has 0 saturated heterocycles. The number of para-hydroxylation sites is 2. The van der Waals surface area contributed by atoms with E-state index in [1.165, 1.54) is 0 Å². The molecule has 0 N–H and O–H groups in total. The van der Waals surface area contributed by atoms with Gasteiger partial charge in [-0.15, -0.1) is 0 Å². The molecule has 0 spiro atoms. The van der Waals surface area contributed by atoms with Crippen LogP contribution in [-0.2, 0) is 20.9 Å². The van der Waals surface area contributed by atoms with E-state index in [2.05, 4.69) is 0 Å². The lowest BCUT2D eigenvalue weighted by molar-refractivity contribution is -0.153. The molecule has 4 aromatic rings. The summed E-state index contributed by atoms with van der Waals surface area (Å²) in [5, 5.41) is 0.579. The summed E-state index contributed by atoms with van der Waals surface area (Å²) in [5.74, 6) is -1.44. The van der Waals surface area contributed by atoms with Gasteiger partial charge in [0.05, 0.1) is 30.2 Å². The van der Waals surface area contributed by atoms with Crippen LogP contribution < -0.4 is 4.90 Å². The number of rotatable bonds is 5. The molecule has 0 fully saturated rings. The predicted octanol–water partition coefficient (Wildman–Crippen LogP) is 5.01. The maximum atomic E-state index is 13.9. The van der Waals surface area contributed by atoms with Crippen molar-refractivity contribution in [2.45, 2.75) is 19.5 Å². The van der Waals surface area contributed by atoms with Crippen molar-refractivity contribution in [3.05, 3.63) is 95.0 Å². The second-order valence-corrected chi connectivity index (χ2v) is 8.34. The third-order valence-corrected chi connectivity index (χ3v) is 6.13. The van der Waals surface area contributed by atoms with E-state index in [0.29, 0.717) is 17.5 Å². The van der Waals surface area contributed by atoms with Crippen molar-refractivity contribution in [3.63, 3.8) is 0 Å². The van der Waals surface area contributed by atoms with Gasteiger partial charge in [0.25, 0.3) is 0 Å². The van der Waals surface area contributed by atoms with Crippen molar-refractivity contribution in [2.24, 2.45) is 5.92 Å². The minimum absolute atomic E-state index is 0.187. The topological polar surface area (TPSA) is 64.4 Å². The second-order valence-electron chi connectivity index (χ2n) is 7.91. The van der Waals surface area contributed by atoms with Gasteiger partial charge in [0.1, 0.15) is 0 Å². The Hall–Kier alpha value is -3.64. The van der Waals surface area contributed by atoms with Gasteiger partial charge in [0, 0.05) is 5.02 Å². The Labute approximate surface area is 196 Å². The SMILES string of the molecule is CCOC(=O)[C@@H]1C(=O)N(Cc2ccccc2)c2nc3ccccc3n2[C@H]1c1ccc(Cl)cc1. The molecule has 6 nitrogen and oxygen atoms in total. The standard InChI is InChI=1S/C26H22ClN3O3/c1-2-33-25(32)22-23(18-12-14-19(27)15-13-18)30-21-11-7-6-10-20(21)28-26(30)29(24(22)31)16-17-8-4-3-5-9-17/h3-15,22-23H,2,16H2,1H3/t22-,23-/m0/s1. The Morgan fingerprint density at radius 1 is 1.00 bits per heavy atom. The minimum atomic E-state index is -1.06. The zero-order valence-corrected chi connectivity index (χ0v) is 18.8. The molecule has 1 aromatic heterocycles. The average Bonchev–Trinajstić information content (AvgIpc) is 3.21. The van der Waals surface area contributed by atoms with Crippen molar-refractivity contribution in [1.82, 2.24) is 9.55 Å². The number of nitrogens with zero attached hydrogens (tertiary/aromatic N) is 3. The highest BCUT2D eigenvalue weighted by Gasteiger charge is 2.47. The molecule has 1 amide bonds. The molecule has 0 saturated carbocycles. The van der Waals surface area contributed by atoms with Crippen molar-refractivity contribution in [3.8, 4) is 0 Å². The molecule has 166 valence electrons. The Balaban J connectivity index is 1.75. The van der Waals surface area contributed by atoms with Crippen LogP contribution in [0.3, 0.4) is 0 Å². The van der Waals surface area contributed by atoms with Crippen molar-refractivity contribution >= 4 is 40.5 Å². The lowest BCUT2D eigenvalue weighted by Gasteiger charge is -2.38. The normalized spacial score (nSPS) is 17.8. The average molecular weight is 460 g/mol. The number of carbonyl (C=O) groups excluding carboxylic acids is 2. The highest BCUT2D eigenvalue weighted by molar-refractivity contribution is 6.30. The van der Waals surface area contributed by atoms with Gasteiger partial charge in [-0.2, -0.15) is 0 Å². The lowest BCUT2D eigenvalue weighted by atomic mass is 9.89. The molecule has 2 atom stereocenters. The van der Waals surface area contributed by atoms with E-state index in [4.69, 9.17) is 21.3 Å². The van der Waals surface area contributed by atoms with Crippen LogP contribution in [-0.4, -0.2) is 28.0 Å². The van der Waals surface area contributed by atoms with Crippen LogP contribution in [0.1, 0.15) is 24.1 Å². The fourth-order valence-electron chi connectivity index (χ4n) is 4.42. The van der Waals surface area contributed by atoms with Crippen LogP contribution in [0.5, 0.6) is 0 Å². The van der Waals surface area contributed by atoms with Gasteiger partial charge < -0.3 is 9.30 Å². The highest BCUT2D eigenvalue weighted by atomic mass is 35.5. The Bertz CT molecular complexity index is 1320. The Morgan fingerprint density at radius 3 is 2.42 bits per heavy atom. The van der Waals surface area contributed by atoms with E-state index >= 15 is 0 Å². The number of esters is 1. The number of anilines is 1. The van der Waals surface area contributed by atoms with E-state index in [1.807, 2.05) is 71.3 Å². The number of halogens is 1. The van der Waals surface area contributed by atoms with Gasteiger partial charge in [0.15, 0.2) is 5.92 Å². The maximum Gasteiger partial charge on any atom is 0.321 e. The van der Waals surface area contributed by atoms with E-state index in [0.717, 1.165) is 22.2 Å². The number of benzene rings is 3. The van der Waals surface area contributed by atoms with E-state index in [-0.39, 0.29) is 12.5 Å². The summed E-state index contributed by atoms with van der Waals surface area (Å²) in [5.41, 5.74) is 3.32. The van der Waals surface area contributed by atoms with Crippen LogP contribution in [0.4, 0.5) is 5.95 Å². The number of hydrogen-bond acceptors (Lipinski definition) is 4. The summed E-state index contributed by atoms with van der Waals surface area (Å²) in [6, 6.07) is 24.0. The van der Waals surface area contributed by atoms with E-state index < -0.39 is 17.9 Å². The molecular formula is C26H22ClN3O3. The number of ether oxygens (including phenoxy) is 1. The largest absolute Gasteiger partial charge is 0.465 e. The number of fused-ring (bicyclic) bond motifs is 3. The molecular weight excluding hydrogens is 438 g/mol. The van der Waals surface area contributed by atoms with Crippen LogP contribution in [0, 0.1) is 5.92 Å². The molecule has 7 heteroatoms. The van der Waals surface area contributed by atoms with E-state index in [1.54, 1.807) is 24.0 Å². The molecule has 1 aliphatic rings. The molecule has 0 radical (unpaired) electrons. The van der Waals surface area contributed by atoms with Gasteiger partial charge in [-0.3, -0.25) is 14.5 Å². The first kappa shape index (κ1) is 21.2. The van der Waals surface area contributed by atoms with Gasteiger partial charge in [-0.05, 0) is 42.3 Å². The molecule has 0 unspecified atom stereocenters. The lowest BCUT2D eigenvalue weighted by Crippen LogP contribution is -2.49. The summed E-state index contributed by atoms with van der Waals surface area (Å²) in [6.45, 7) is 2.22. The molecule has 2 heterocycles. The summed E-state index contributed by atoms with van der Waals surface area (Å²) < 4.78 is 7.36. The zero-order chi connectivity index (χ0) is 22.9. The number of aromatic nitrogens is 2. The number of carbonyl (C=O) groups is 2. The van der Waals surface area contributed by atoms with Gasteiger partial charge in [0.2, 0.25) is 11.9 Å². The van der Waals surface area contributed by atoms with Crippen molar-refractivity contribution < 1.29 is 14.3 Å². The monoisotopic (exact) mass is 459 g/mol. The van der Waals surface area contributed by atoms with E-state index in [9.17, 15) is 9.59 Å².